The maximum atomic E-state index is 11.2. The van der Waals surface area contributed by atoms with Crippen LogP contribution in [0.5, 0.6) is 11.5 Å². The van der Waals surface area contributed by atoms with Gasteiger partial charge in [0.2, 0.25) is 0 Å². The first-order chi connectivity index (χ1) is 16.8. The second-order valence-corrected chi connectivity index (χ2v) is 7.90. The third-order valence-electron chi connectivity index (χ3n) is 5.56. The van der Waals surface area contributed by atoms with Crippen LogP contribution in [0.1, 0.15) is 11.1 Å². The second kappa shape index (κ2) is 10.1. The first kappa shape index (κ1) is 23.5. The predicted octanol–water partition coefficient (Wildman–Crippen LogP) is 6.45. The fraction of sp³-hybridized carbons (Fsp3) is 0.0769. The Labute approximate surface area is 202 Å². The lowest BCUT2D eigenvalue weighted by atomic mass is 10.0. The Balaban J connectivity index is 1.36. The molecule has 0 saturated heterocycles. The molecule has 0 saturated carbocycles. The van der Waals surface area contributed by atoms with Gasteiger partial charge in [-0.1, -0.05) is 48.5 Å². The van der Waals surface area contributed by atoms with Crippen molar-refractivity contribution in [3.8, 4) is 33.8 Å². The summed E-state index contributed by atoms with van der Waals surface area (Å²) in [5, 5.41) is 22.4. The molecule has 0 aromatic heterocycles. The van der Waals surface area contributed by atoms with Crippen molar-refractivity contribution in [1.82, 2.24) is 0 Å². The van der Waals surface area contributed by atoms with E-state index in [0.717, 1.165) is 22.3 Å². The minimum atomic E-state index is -0.389. The molecule has 0 aliphatic heterocycles. The smallest absolute Gasteiger partial charge is 0.526 e. The van der Waals surface area contributed by atoms with Crippen LogP contribution in [0.25, 0.3) is 22.3 Å². The fourth-order valence-corrected chi connectivity index (χ4v) is 3.56. The molecule has 1 radical (unpaired) electrons. The summed E-state index contributed by atoms with van der Waals surface area (Å²) in [6.45, 7) is 3.41. The van der Waals surface area contributed by atoms with Gasteiger partial charge < -0.3 is 9.31 Å². The van der Waals surface area contributed by atoms with Crippen molar-refractivity contribution < 1.29 is 19.2 Å². The highest BCUT2D eigenvalue weighted by molar-refractivity contribution is 6.20. The van der Waals surface area contributed by atoms with E-state index in [4.69, 9.17) is 9.31 Å². The van der Waals surface area contributed by atoms with Crippen molar-refractivity contribution in [2.75, 3.05) is 0 Å². The number of benzene rings is 4. The zero-order valence-electron chi connectivity index (χ0n) is 19.0. The summed E-state index contributed by atoms with van der Waals surface area (Å²) in [5.74, 6) is 1.08. The lowest BCUT2D eigenvalue weighted by Gasteiger charge is -2.09. The molecular formula is C26H20BN2O6. The predicted molar refractivity (Wildman–Crippen MR) is 134 cm³/mol. The molecule has 4 rings (SSSR count). The first-order valence-corrected chi connectivity index (χ1v) is 10.7. The van der Waals surface area contributed by atoms with Crippen LogP contribution in [-0.2, 0) is 0 Å². The highest BCUT2D eigenvalue weighted by Gasteiger charge is 2.13. The molecular weight excluding hydrogens is 447 g/mol. The molecule has 0 atom stereocenters. The molecule has 0 aliphatic carbocycles. The molecule has 4 aromatic rings. The van der Waals surface area contributed by atoms with Crippen molar-refractivity contribution in [2.45, 2.75) is 13.8 Å². The minimum absolute atomic E-state index is 0.0798. The van der Waals surface area contributed by atoms with Crippen LogP contribution in [0.15, 0.2) is 84.9 Å². The third-order valence-corrected chi connectivity index (χ3v) is 5.56. The Morgan fingerprint density at radius 2 is 0.914 bits per heavy atom. The molecule has 173 valence electrons. The fourth-order valence-electron chi connectivity index (χ4n) is 3.56. The quantitative estimate of drug-likeness (QED) is 0.168. The molecule has 0 bridgehead atoms. The Hall–Kier alpha value is -4.66. The van der Waals surface area contributed by atoms with Crippen LogP contribution >= 0.6 is 0 Å². The summed E-state index contributed by atoms with van der Waals surface area (Å²) in [7, 11) is 1.21. The zero-order valence-corrected chi connectivity index (χ0v) is 19.0. The van der Waals surface area contributed by atoms with E-state index in [9.17, 15) is 20.2 Å². The summed E-state index contributed by atoms with van der Waals surface area (Å²) < 4.78 is 11.0. The van der Waals surface area contributed by atoms with Crippen molar-refractivity contribution in [3.63, 3.8) is 0 Å². The van der Waals surface area contributed by atoms with Crippen molar-refractivity contribution in [3.05, 3.63) is 116 Å². The standard InChI is InChI=1S/C26H20BN2O6/c1-17-3-5-21(15-25(17)28(30)31)19-7-11-23(12-8-19)34-27-35-24-13-9-20(10-14-24)22-6-4-18(2)26(16-22)29(32)33/h3-16H,1-2H3. The van der Waals surface area contributed by atoms with Gasteiger partial charge in [-0.25, -0.2) is 0 Å². The largest absolute Gasteiger partial charge is 0.658 e. The highest BCUT2D eigenvalue weighted by atomic mass is 16.6. The van der Waals surface area contributed by atoms with Crippen LogP contribution in [0.4, 0.5) is 11.4 Å². The van der Waals surface area contributed by atoms with Crippen LogP contribution in [0.2, 0.25) is 0 Å². The Morgan fingerprint density at radius 1 is 0.571 bits per heavy atom. The molecule has 0 aliphatic rings. The Bertz CT molecular complexity index is 1280. The zero-order chi connectivity index (χ0) is 24.9. The van der Waals surface area contributed by atoms with Gasteiger partial charge in [0.15, 0.2) is 0 Å². The molecule has 9 heteroatoms. The van der Waals surface area contributed by atoms with Gasteiger partial charge in [0, 0.05) is 23.3 Å². The summed E-state index contributed by atoms with van der Waals surface area (Å²) >= 11 is 0. The molecule has 8 nitrogen and oxygen atoms in total. The highest BCUT2D eigenvalue weighted by Crippen LogP contribution is 2.29. The number of nitrogens with zero attached hydrogens (tertiary/aromatic N) is 2. The molecule has 4 aromatic carbocycles. The third kappa shape index (κ3) is 5.47. The summed E-state index contributed by atoms with van der Waals surface area (Å²) in [6.07, 6.45) is 0. The average molecular weight is 467 g/mol. The van der Waals surface area contributed by atoms with Gasteiger partial charge in [0.25, 0.3) is 11.4 Å². The van der Waals surface area contributed by atoms with Gasteiger partial charge >= 0.3 is 7.69 Å². The van der Waals surface area contributed by atoms with E-state index in [1.165, 1.54) is 7.69 Å². The number of aryl methyl sites for hydroxylation is 2. The number of nitro benzene ring substituents is 2. The molecule has 0 spiro atoms. The number of rotatable bonds is 8. The van der Waals surface area contributed by atoms with Crippen LogP contribution in [0, 0.1) is 34.1 Å². The molecule has 35 heavy (non-hydrogen) atoms. The average Bonchev–Trinajstić information content (AvgIpc) is 2.85. The second-order valence-electron chi connectivity index (χ2n) is 7.90. The van der Waals surface area contributed by atoms with E-state index in [1.807, 2.05) is 36.4 Å². The normalized spacial score (nSPS) is 10.5. The van der Waals surface area contributed by atoms with Crippen LogP contribution in [0.3, 0.4) is 0 Å². The maximum Gasteiger partial charge on any atom is 0.658 e. The topological polar surface area (TPSA) is 105 Å². The SMILES string of the molecule is Cc1ccc(-c2ccc(O[B]Oc3ccc(-c4ccc(C)c([N+](=O)[O-])c4)cc3)cc2)cc1[N+](=O)[O-]. The lowest BCUT2D eigenvalue weighted by molar-refractivity contribution is -0.385. The van der Waals surface area contributed by atoms with E-state index < -0.39 is 0 Å². The van der Waals surface area contributed by atoms with Crippen molar-refractivity contribution in [1.29, 1.82) is 0 Å². The van der Waals surface area contributed by atoms with Gasteiger partial charge in [-0.05, 0) is 60.4 Å². The maximum absolute atomic E-state index is 11.2. The van der Waals surface area contributed by atoms with Gasteiger partial charge in [0.1, 0.15) is 11.5 Å². The number of hydrogen-bond donors (Lipinski definition) is 0. The minimum Gasteiger partial charge on any atom is -0.526 e. The van der Waals surface area contributed by atoms with E-state index in [-0.39, 0.29) is 21.2 Å². The molecule has 0 unspecified atom stereocenters. The Kier molecular flexibility index (Phi) is 6.77. The van der Waals surface area contributed by atoms with Gasteiger partial charge in [0.05, 0.1) is 9.85 Å². The van der Waals surface area contributed by atoms with Crippen molar-refractivity contribution >= 4 is 19.1 Å². The van der Waals surface area contributed by atoms with Gasteiger partial charge in [-0.3, -0.25) is 20.2 Å². The van der Waals surface area contributed by atoms with Crippen LogP contribution in [-0.4, -0.2) is 17.5 Å². The number of hydrogen-bond acceptors (Lipinski definition) is 6. The number of nitro groups is 2. The summed E-state index contributed by atoms with van der Waals surface area (Å²) in [5.41, 5.74) is 4.52. The molecule has 0 heterocycles. The van der Waals surface area contributed by atoms with E-state index in [0.29, 0.717) is 22.6 Å². The Morgan fingerprint density at radius 3 is 1.26 bits per heavy atom. The molecule has 0 fully saturated rings. The van der Waals surface area contributed by atoms with E-state index >= 15 is 0 Å². The van der Waals surface area contributed by atoms with Crippen LogP contribution < -0.4 is 9.31 Å². The molecule has 0 amide bonds. The first-order valence-electron chi connectivity index (χ1n) is 10.7. The lowest BCUT2D eigenvalue weighted by Crippen LogP contribution is -2.10. The molecule has 0 N–H and O–H groups in total. The summed E-state index contributed by atoms with van der Waals surface area (Å²) in [6, 6.07) is 24.5. The summed E-state index contributed by atoms with van der Waals surface area (Å²) in [4.78, 5) is 21.6. The van der Waals surface area contributed by atoms with Gasteiger partial charge in [-0.2, -0.15) is 0 Å². The van der Waals surface area contributed by atoms with E-state index in [2.05, 4.69) is 0 Å². The van der Waals surface area contributed by atoms with Gasteiger partial charge in [-0.15, -0.1) is 0 Å². The monoisotopic (exact) mass is 467 g/mol. The van der Waals surface area contributed by atoms with E-state index in [1.54, 1.807) is 62.4 Å². The van der Waals surface area contributed by atoms with Crippen molar-refractivity contribution in [2.24, 2.45) is 0 Å².